The van der Waals surface area contributed by atoms with Crippen LogP contribution in [0.15, 0.2) is 89.6 Å². The molecule has 0 bridgehead atoms. The third kappa shape index (κ3) is 4.75. The van der Waals surface area contributed by atoms with Crippen LogP contribution in [0.1, 0.15) is 29.4 Å². The van der Waals surface area contributed by atoms with Gasteiger partial charge in [0.15, 0.2) is 0 Å². The molecule has 164 valence electrons. The molecule has 0 amide bonds. The third-order valence-corrected chi connectivity index (χ3v) is 5.74. The van der Waals surface area contributed by atoms with Gasteiger partial charge in [-0.25, -0.2) is 4.39 Å². The Bertz CT molecular complexity index is 1380. The number of nitrogens with one attached hydrogen (secondary N) is 1. The monoisotopic (exact) mass is 439 g/mol. The van der Waals surface area contributed by atoms with E-state index < -0.39 is 0 Å². The second-order valence-corrected chi connectivity index (χ2v) is 8.13. The Morgan fingerprint density at radius 1 is 1.00 bits per heavy atom. The summed E-state index contributed by atoms with van der Waals surface area (Å²) in [5.74, 6) is 0.392. The standard InChI is InChI=1S/C27H22FN3O2/c28-22-11-12-25-24(16-22)21(17-29-25)15-23(32)14-20(13-18-7-3-1-4-8-18)27-30-26(31-33-27)19-9-5-2-6-10-19/h1-12,16-17,20,29H,13-15H2/t20-/m1/s1. The number of benzene rings is 3. The van der Waals surface area contributed by atoms with Crippen LogP contribution in [0, 0.1) is 5.82 Å². The van der Waals surface area contributed by atoms with E-state index in [9.17, 15) is 9.18 Å². The van der Waals surface area contributed by atoms with E-state index in [4.69, 9.17) is 4.52 Å². The highest BCUT2D eigenvalue weighted by Gasteiger charge is 2.24. The summed E-state index contributed by atoms with van der Waals surface area (Å²) in [7, 11) is 0. The lowest BCUT2D eigenvalue weighted by atomic mass is 9.92. The van der Waals surface area contributed by atoms with Gasteiger partial charge in [-0.1, -0.05) is 65.8 Å². The molecule has 0 aliphatic carbocycles. The minimum atomic E-state index is -0.322. The largest absolute Gasteiger partial charge is 0.361 e. The first kappa shape index (κ1) is 20.8. The van der Waals surface area contributed by atoms with Crippen molar-refractivity contribution in [3.63, 3.8) is 0 Å². The molecule has 0 fully saturated rings. The Morgan fingerprint density at radius 2 is 1.76 bits per heavy atom. The van der Waals surface area contributed by atoms with Gasteiger partial charge in [-0.15, -0.1) is 0 Å². The minimum absolute atomic E-state index is 0.0283. The van der Waals surface area contributed by atoms with Crippen molar-refractivity contribution in [2.45, 2.75) is 25.2 Å². The Labute approximate surface area is 190 Å². The number of aromatic amines is 1. The van der Waals surface area contributed by atoms with Crippen LogP contribution in [0.25, 0.3) is 22.3 Å². The van der Waals surface area contributed by atoms with Crippen molar-refractivity contribution in [1.29, 1.82) is 0 Å². The molecule has 5 aromatic rings. The van der Waals surface area contributed by atoms with E-state index in [0.717, 1.165) is 27.6 Å². The molecule has 33 heavy (non-hydrogen) atoms. The molecule has 0 spiro atoms. The number of hydrogen-bond donors (Lipinski definition) is 1. The number of fused-ring (bicyclic) bond motifs is 1. The van der Waals surface area contributed by atoms with Crippen LogP contribution < -0.4 is 0 Å². The minimum Gasteiger partial charge on any atom is -0.361 e. The molecule has 0 saturated heterocycles. The number of rotatable bonds is 8. The van der Waals surface area contributed by atoms with Gasteiger partial charge in [0.05, 0.1) is 0 Å². The number of Topliss-reactive ketones (excluding diaryl/α,β-unsaturated/α-hetero) is 1. The lowest BCUT2D eigenvalue weighted by Gasteiger charge is -2.12. The van der Waals surface area contributed by atoms with E-state index in [0.29, 0.717) is 18.1 Å². The normalized spacial score (nSPS) is 12.2. The number of nitrogens with zero attached hydrogens (tertiary/aromatic N) is 2. The first-order chi connectivity index (χ1) is 16.2. The van der Waals surface area contributed by atoms with Crippen molar-refractivity contribution in [2.24, 2.45) is 0 Å². The average Bonchev–Trinajstić information content (AvgIpc) is 3.48. The first-order valence-corrected chi connectivity index (χ1v) is 10.9. The summed E-state index contributed by atoms with van der Waals surface area (Å²) in [6.45, 7) is 0. The molecule has 5 nitrogen and oxygen atoms in total. The van der Waals surface area contributed by atoms with Crippen LogP contribution in [0.3, 0.4) is 0 Å². The van der Waals surface area contributed by atoms with Crippen molar-refractivity contribution >= 4 is 16.7 Å². The molecule has 5 rings (SSSR count). The van der Waals surface area contributed by atoms with E-state index in [1.54, 1.807) is 12.3 Å². The maximum Gasteiger partial charge on any atom is 0.230 e. The molecule has 2 heterocycles. The van der Waals surface area contributed by atoms with Crippen LogP contribution in [-0.4, -0.2) is 20.9 Å². The average molecular weight is 439 g/mol. The van der Waals surface area contributed by atoms with Gasteiger partial charge < -0.3 is 9.51 Å². The molecule has 0 unspecified atom stereocenters. The van der Waals surface area contributed by atoms with E-state index >= 15 is 0 Å². The zero-order chi connectivity index (χ0) is 22.6. The number of aromatic nitrogens is 3. The van der Waals surface area contributed by atoms with Crippen LogP contribution in [0.2, 0.25) is 0 Å². The first-order valence-electron chi connectivity index (χ1n) is 10.9. The van der Waals surface area contributed by atoms with Crippen LogP contribution in [0.5, 0.6) is 0 Å². The quantitative estimate of drug-likeness (QED) is 0.327. The number of carbonyl (C=O) groups is 1. The van der Waals surface area contributed by atoms with Gasteiger partial charge in [0.25, 0.3) is 0 Å². The number of hydrogen-bond acceptors (Lipinski definition) is 4. The van der Waals surface area contributed by atoms with Gasteiger partial charge in [-0.05, 0) is 35.7 Å². The molecule has 1 atom stereocenters. The van der Waals surface area contributed by atoms with Crippen LogP contribution in [-0.2, 0) is 17.6 Å². The molecule has 6 heteroatoms. The van der Waals surface area contributed by atoms with Crippen molar-refractivity contribution in [3.05, 3.63) is 108 Å². The topological polar surface area (TPSA) is 71.8 Å². The summed E-state index contributed by atoms with van der Waals surface area (Å²) < 4.78 is 19.3. The second kappa shape index (κ2) is 9.20. The summed E-state index contributed by atoms with van der Waals surface area (Å²) in [6.07, 6.45) is 2.82. The van der Waals surface area contributed by atoms with Gasteiger partial charge in [0.1, 0.15) is 11.6 Å². The molecule has 2 aromatic heterocycles. The zero-order valence-corrected chi connectivity index (χ0v) is 17.9. The van der Waals surface area contributed by atoms with E-state index in [1.807, 2.05) is 60.7 Å². The summed E-state index contributed by atoms with van der Waals surface area (Å²) in [5, 5.41) is 4.87. The van der Waals surface area contributed by atoms with Crippen molar-refractivity contribution in [3.8, 4) is 11.4 Å². The fourth-order valence-electron chi connectivity index (χ4n) is 4.11. The van der Waals surface area contributed by atoms with Crippen LogP contribution in [0.4, 0.5) is 4.39 Å². The Morgan fingerprint density at radius 3 is 2.55 bits per heavy atom. The van der Waals surface area contributed by atoms with Crippen molar-refractivity contribution in [1.82, 2.24) is 15.1 Å². The van der Waals surface area contributed by atoms with Crippen molar-refractivity contribution < 1.29 is 13.7 Å². The highest BCUT2D eigenvalue weighted by Crippen LogP contribution is 2.28. The lowest BCUT2D eigenvalue weighted by molar-refractivity contribution is -0.118. The highest BCUT2D eigenvalue weighted by atomic mass is 19.1. The summed E-state index contributed by atoms with van der Waals surface area (Å²) in [5.41, 5.74) is 3.54. The predicted molar refractivity (Wildman–Crippen MR) is 124 cm³/mol. The Kier molecular flexibility index (Phi) is 5.81. The molecule has 0 aliphatic heterocycles. The number of H-pyrrole nitrogens is 1. The lowest BCUT2D eigenvalue weighted by Crippen LogP contribution is -2.12. The third-order valence-electron chi connectivity index (χ3n) is 5.74. The number of halogens is 1. The molecule has 0 radical (unpaired) electrons. The van der Waals surface area contributed by atoms with Gasteiger partial charge in [-0.3, -0.25) is 4.79 Å². The van der Waals surface area contributed by atoms with Gasteiger partial charge in [0, 0.05) is 41.4 Å². The number of ketones is 1. The fourth-order valence-corrected chi connectivity index (χ4v) is 4.11. The molecular formula is C27H22FN3O2. The maximum atomic E-state index is 13.7. The maximum absolute atomic E-state index is 13.7. The summed E-state index contributed by atoms with van der Waals surface area (Å²) in [4.78, 5) is 20.8. The highest BCUT2D eigenvalue weighted by molar-refractivity contribution is 5.90. The summed E-state index contributed by atoms with van der Waals surface area (Å²) in [6, 6.07) is 24.1. The zero-order valence-electron chi connectivity index (χ0n) is 17.9. The van der Waals surface area contributed by atoms with Gasteiger partial charge >= 0.3 is 0 Å². The number of carbonyl (C=O) groups excluding carboxylic acids is 1. The molecule has 0 saturated carbocycles. The van der Waals surface area contributed by atoms with Gasteiger partial charge in [-0.2, -0.15) is 4.98 Å². The van der Waals surface area contributed by atoms with E-state index in [-0.39, 0.29) is 30.4 Å². The summed E-state index contributed by atoms with van der Waals surface area (Å²) >= 11 is 0. The Balaban J connectivity index is 1.39. The molecule has 0 aliphatic rings. The van der Waals surface area contributed by atoms with E-state index in [2.05, 4.69) is 15.1 Å². The SMILES string of the molecule is O=C(Cc1c[nH]c2ccc(F)cc12)C[C@@H](Cc1ccccc1)c1nc(-c2ccccc2)no1. The smallest absolute Gasteiger partial charge is 0.230 e. The Hall–Kier alpha value is -4.06. The molecule has 3 aromatic carbocycles. The second-order valence-electron chi connectivity index (χ2n) is 8.13. The van der Waals surface area contributed by atoms with Gasteiger partial charge in [0.2, 0.25) is 11.7 Å². The fraction of sp³-hybridized carbons (Fsp3) is 0.148. The molecule has 1 N–H and O–H groups in total. The van der Waals surface area contributed by atoms with Crippen molar-refractivity contribution in [2.75, 3.05) is 0 Å². The molecular weight excluding hydrogens is 417 g/mol. The van der Waals surface area contributed by atoms with Crippen LogP contribution >= 0.6 is 0 Å². The predicted octanol–water partition coefficient (Wildman–Crippen LogP) is 5.89. The van der Waals surface area contributed by atoms with E-state index in [1.165, 1.54) is 12.1 Å².